The molecule has 0 saturated carbocycles. The van der Waals surface area contributed by atoms with E-state index in [1.807, 2.05) is 36.1 Å². The minimum absolute atomic E-state index is 0.115. The van der Waals surface area contributed by atoms with E-state index in [0.717, 1.165) is 11.1 Å². The molecule has 5 rings (SSSR count). The summed E-state index contributed by atoms with van der Waals surface area (Å²) in [5, 5.41) is 6.99. The van der Waals surface area contributed by atoms with Gasteiger partial charge in [-0.3, -0.25) is 9.78 Å². The maximum absolute atomic E-state index is 12.7. The second-order valence-corrected chi connectivity index (χ2v) is 7.62. The molecule has 11 heteroatoms. The topological polar surface area (TPSA) is 131 Å². The van der Waals surface area contributed by atoms with Crippen LogP contribution in [0, 0.1) is 6.92 Å². The number of hydrazone groups is 1. The highest BCUT2D eigenvalue weighted by Crippen LogP contribution is 2.27. The molecule has 0 atom stereocenters. The van der Waals surface area contributed by atoms with Gasteiger partial charge in [-0.1, -0.05) is 29.8 Å². The van der Waals surface area contributed by atoms with Gasteiger partial charge in [-0.2, -0.15) is 20.1 Å². The summed E-state index contributed by atoms with van der Waals surface area (Å²) in [6.07, 6.45) is 4.85. The molecule has 1 aliphatic rings. The van der Waals surface area contributed by atoms with Gasteiger partial charge in [0.2, 0.25) is 5.95 Å². The molecule has 172 valence electrons. The number of hydrogen-bond acceptors (Lipinski definition) is 10. The Bertz CT molecular complexity index is 1330. The van der Waals surface area contributed by atoms with Gasteiger partial charge in [0.25, 0.3) is 11.6 Å². The molecule has 2 N–H and O–H groups in total. The van der Waals surface area contributed by atoms with Gasteiger partial charge < -0.3 is 19.4 Å². The average molecular weight is 458 g/mol. The van der Waals surface area contributed by atoms with Crippen molar-refractivity contribution in [2.24, 2.45) is 5.10 Å². The first-order valence-electron chi connectivity index (χ1n) is 10.7. The molecular formula is C23H22N8O3. The molecule has 4 heterocycles. The number of anilines is 3. The molecule has 34 heavy (non-hydrogen) atoms. The number of ether oxygens (including phenoxy) is 1. The van der Waals surface area contributed by atoms with Crippen molar-refractivity contribution in [1.82, 2.24) is 19.9 Å². The minimum Gasteiger partial charge on any atom is -0.413 e. The van der Waals surface area contributed by atoms with Crippen LogP contribution in [0.4, 0.5) is 17.5 Å². The number of carbonyl (C=O) groups excluding carboxylic acids is 1. The van der Waals surface area contributed by atoms with Crippen LogP contribution in [0.3, 0.4) is 0 Å². The summed E-state index contributed by atoms with van der Waals surface area (Å²) in [6, 6.07) is 11.3. The number of benzene rings is 1. The van der Waals surface area contributed by atoms with E-state index in [2.05, 4.69) is 35.8 Å². The number of pyridine rings is 1. The molecule has 1 amide bonds. The normalized spacial score (nSPS) is 14.0. The summed E-state index contributed by atoms with van der Waals surface area (Å²) < 4.78 is 11.2. The molecule has 1 aliphatic heterocycles. The van der Waals surface area contributed by atoms with Crippen LogP contribution in [0.15, 0.2) is 58.3 Å². The number of amides is 1. The van der Waals surface area contributed by atoms with Crippen molar-refractivity contribution in [2.75, 3.05) is 41.9 Å². The summed E-state index contributed by atoms with van der Waals surface area (Å²) in [5.74, 6) is 0.170. The second kappa shape index (κ2) is 9.63. The Morgan fingerprint density at radius 1 is 1.12 bits per heavy atom. The highest BCUT2D eigenvalue weighted by Gasteiger charge is 2.24. The Morgan fingerprint density at radius 2 is 1.94 bits per heavy atom. The zero-order chi connectivity index (χ0) is 23.3. The fourth-order valence-electron chi connectivity index (χ4n) is 3.49. The lowest BCUT2D eigenvalue weighted by Gasteiger charge is -2.27. The van der Waals surface area contributed by atoms with Crippen LogP contribution in [0.5, 0.6) is 0 Å². The monoisotopic (exact) mass is 458 g/mol. The quantitative estimate of drug-likeness (QED) is 0.331. The summed E-state index contributed by atoms with van der Waals surface area (Å²) in [5.41, 5.74) is 6.09. The SMILES string of the molecule is Cc1cccc(/C=N/Nc2nc(N3CCOCC3)c3nc(C(=O)Nc4ccncc4)oc3n2)c1. The van der Waals surface area contributed by atoms with Gasteiger partial charge in [0.15, 0.2) is 11.3 Å². The summed E-state index contributed by atoms with van der Waals surface area (Å²) in [6.45, 7) is 4.40. The van der Waals surface area contributed by atoms with Gasteiger partial charge in [0.05, 0.1) is 19.4 Å². The predicted octanol–water partition coefficient (Wildman–Crippen LogP) is 2.86. The Labute approximate surface area is 194 Å². The lowest BCUT2D eigenvalue weighted by molar-refractivity contribution is 0.0992. The summed E-state index contributed by atoms with van der Waals surface area (Å²) >= 11 is 0. The molecule has 0 aliphatic carbocycles. The van der Waals surface area contributed by atoms with Crippen molar-refractivity contribution in [2.45, 2.75) is 6.92 Å². The molecule has 0 bridgehead atoms. The number of nitrogens with one attached hydrogen (secondary N) is 2. The third kappa shape index (κ3) is 4.84. The van der Waals surface area contributed by atoms with E-state index in [0.29, 0.717) is 43.3 Å². The van der Waals surface area contributed by atoms with E-state index in [9.17, 15) is 4.79 Å². The van der Waals surface area contributed by atoms with Gasteiger partial charge >= 0.3 is 5.91 Å². The van der Waals surface area contributed by atoms with Crippen LogP contribution < -0.4 is 15.6 Å². The zero-order valence-corrected chi connectivity index (χ0v) is 18.4. The summed E-state index contributed by atoms with van der Waals surface area (Å²) in [4.78, 5) is 32.0. The average Bonchev–Trinajstić information content (AvgIpc) is 3.29. The molecule has 1 fully saturated rings. The maximum Gasteiger partial charge on any atom is 0.311 e. The van der Waals surface area contributed by atoms with Crippen molar-refractivity contribution in [1.29, 1.82) is 0 Å². The second-order valence-electron chi connectivity index (χ2n) is 7.62. The molecule has 1 saturated heterocycles. The third-order valence-corrected chi connectivity index (χ3v) is 5.10. The van der Waals surface area contributed by atoms with Crippen LogP contribution in [-0.4, -0.2) is 58.4 Å². The maximum atomic E-state index is 12.7. The van der Waals surface area contributed by atoms with Crippen molar-refractivity contribution < 1.29 is 13.9 Å². The first-order valence-corrected chi connectivity index (χ1v) is 10.7. The molecular weight excluding hydrogens is 436 g/mol. The van der Waals surface area contributed by atoms with Crippen LogP contribution in [0.25, 0.3) is 11.2 Å². The molecule has 11 nitrogen and oxygen atoms in total. The number of fused-ring (bicyclic) bond motifs is 1. The standard InChI is InChI=1S/C23H22N8O3/c1-15-3-2-4-16(13-15)14-25-30-23-28-19(31-9-11-33-12-10-31)18-21(29-23)34-22(27-18)20(32)26-17-5-7-24-8-6-17/h2-8,13-14H,9-12H2,1H3,(H,24,26,32)(H,28,29,30)/b25-14+. The number of carbonyl (C=O) groups is 1. The number of rotatable bonds is 6. The van der Waals surface area contributed by atoms with E-state index in [-0.39, 0.29) is 17.6 Å². The van der Waals surface area contributed by atoms with Crippen LogP contribution >= 0.6 is 0 Å². The molecule has 0 radical (unpaired) electrons. The third-order valence-electron chi connectivity index (χ3n) is 5.10. The molecule has 0 spiro atoms. The van der Waals surface area contributed by atoms with E-state index < -0.39 is 5.91 Å². The lowest BCUT2D eigenvalue weighted by atomic mass is 10.2. The number of hydrogen-bond donors (Lipinski definition) is 2. The zero-order valence-electron chi connectivity index (χ0n) is 18.4. The Kier molecular flexibility index (Phi) is 6.08. The first kappa shape index (κ1) is 21.5. The van der Waals surface area contributed by atoms with Gasteiger partial charge in [0, 0.05) is 31.2 Å². The first-order chi connectivity index (χ1) is 16.7. The number of aromatic nitrogens is 4. The predicted molar refractivity (Wildman–Crippen MR) is 127 cm³/mol. The minimum atomic E-state index is -0.496. The largest absolute Gasteiger partial charge is 0.413 e. The van der Waals surface area contributed by atoms with Crippen molar-refractivity contribution >= 4 is 40.8 Å². The summed E-state index contributed by atoms with van der Waals surface area (Å²) in [7, 11) is 0. The Balaban J connectivity index is 1.45. The fraction of sp³-hybridized carbons (Fsp3) is 0.217. The molecule has 0 unspecified atom stereocenters. The van der Waals surface area contributed by atoms with Crippen molar-refractivity contribution in [3.63, 3.8) is 0 Å². The fourth-order valence-corrected chi connectivity index (χ4v) is 3.49. The van der Waals surface area contributed by atoms with E-state index >= 15 is 0 Å². The smallest absolute Gasteiger partial charge is 0.311 e. The van der Waals surface area contributed by atoms with E-state index in [1.54, 1.807) is 30.7 Å². The van der Waals surface area contributed by atoms with Gasteiger partial charge in [-0.05, 0) is 24.6 Å². The van der Waals surface area contributed by atoms with Gasteiger partial charge in [-0.25, -0.2) is 5.43 Å². The number of oxazole rings is 1. The van der Waals surface area contributed by atoms with Crippen LogP contribution in [0.2, 0.25) is 0 Å². The molecule has 3 aromatic heterocycles. The van der Waals surface area contributed by atoms with Crippen LogP contribution in [0.1, 0.15) is 21.8 Å². The highest BCUT2D eigenvalue weighted by atomic mass is 16.5. The number of nitrogens with zero attached hydrogens (tertiary/aromatic N) is 6. The lowest BCUT2D eigenvalue weighted by Crippen LogP contribution is -2.37. The van der Waals surface area contributed by atoms with Crippen molar-refractivity contribution in [3.05, 3.63) is 65.8 Å². The highest BCUT2D eigenvalue weighted by molar-refractivity contribution is 6.02. The molecule has 1 aromatic carbocycles. The van der Waals surface area contributed by atoms with Gasteiger partial charge in [-0.15, -0.1) is 0 Å². The van der Waals surface area contributed by atoms with E-state index in [4.69, 9.17) is 9.15 Å². The van der Waals surface area contributed by atoms with Crippen molar-refractivity contribution in [3.8, 4) is 0 Å². The number of morpholine rings is 1. The Morgan fingerprint density at radius 3 is 2.74 bits per heavy atom. The van der Waals surface area contributed by atoms with E-state index in [1.165, 1.54) is 0 Å². The van der Waals surface area contributed by atoms with Crippen LogP contribution in [-0.2, 0) is 4.74 Å². The molecule has 4 aromatic rings. The van der Waals surface area contributed by atoms with Gasteiger partial charge in [0.1, 0.15) is 0 Å². The number of aryl methyl sites for hydroxylation is 1. The Hall–Kier alpha value is -4.38.